The van der Waals surface area contributed by atoms with Gasteiger partial charge in [0, 0.05) is 46.0 Å². The third-order valence-corrected chi connectivity index (χ3v) is 4.92. The second-order valence-corrected chi connectivity index (χ2v) is 7.72. The summed E-state index contributed by atoms with van der Waals surface area (Å²) < 4.78 is 12.9. The molecule has 0 saturated carbocycles. The Bertz CT molecular complexity index is 835. The normalized spacial score (nSPS) is 11.3. The molecule has 0 unspecified atom stereocenters. The first-order valence-electron chi connectivity index (χ1n) is 10.6. The van der Waals surface area contributed by atoms with Crippen molar-refractivity contribution in [1.82, 2.24) is 20.0 Å². The van der Waals surface area contributed by atoms with Crippen LogP contribution in [0.4, 0.5) is 0 Å². The number of nitrogens with one attached hydrogen (secondary N) is 1. The van der Waals surface area contributed by atoms with Gasteiger partial charge in [-0.1, -0.05) is 19.9 Å². The SMILES string of the molecule is CCOc1cc(CCCNC(=NC)N(C)Cc2cn(C)nc2C(C)C)ccc1OC.I. The minimum Gasteiger partial charge on any atom is -0.493 e. The van der Waals surface area contributed by atoms with Gasteiger partial charge in [0.05, 0.1) is 19.4 Å². The fourth-order valence-electron chi connectivity index (χ4n) is 3.52. The Hall–Kier alpha value is -1.97. The zero-order chi connectivity index (χ0) is 22.1. The van der Waals surface area contributed by atoms with E-state index in [0.717, 1.165) is 49.1 Å². The molecule has 1 N–H and O–H groups in total. The Labute approximate surface area is 204 Å². The van der Waals surface area contributed by atoms with E-state index in [9.17, 15) is 0 Å². The second-order valence-electron chi connectivity index (χ2n) is 7.72. The van der Waals surface area contributed by atoms with Crippen molar-refractivity contribution in [3.63, 3.8) is 0 Å². The van der Waals surface area contributed by atoms with Crippen molar-refractivity contribution in [3.8, 4) is 11.5 Å². The molecule has 7 nitrogen and oxygen atoms in total. The maximum absolute atomic E-state index is 5.67. The monoisotopic (exact) mass is 543 g/mol. The highest BCUT2D eigenvalue weighted by Crippen LogP contribution is 2.28. The van der Waals surface area contributed by atoms with E-state index in [0.29, 0.717) is 12.5 Å². The lowest BCUT2D eigenvalue weighted by atomic mass is 10.1. The van der Waals surface area contributed by atoms with Gasteiger partial charge >= 0.3 is 0 Å². The summed E-state index contributed by atoms with van der Waals surface area (Å²) in [7, 11) is 7.52. The molecule has 0 radical (unpaired) electrons. The summed E-state index contributed by atoms with van der Waals surface area (Å²) in [5.74, 6) is 2.87. The van der Waals surface area contributed by atoms with Crippen LogP contribution < -0.4 is 14.8 Å². The minimum absolute atomic E-state index is 0. The second kappa shape index (κ2) is 13.4. The molecule has 2 rings (SSSR count). The zero-order valence-corrected chi connectivity index (χ0v) is 22.3. The van der Waals surface area contributed by atoms with Gasteiger partial charge in [-0.05, 0) is 43.4 Å². The first-order valence-corrected chi connectivity index (χ1v) is 10.6. The lowest BCUT2D eigenvalue weighted by Gasteiger charge is -2.22. The molecule has 31 heavy (non-hydrogen) atoms. The van der Waals surface area contributed by atoms with Crippen LogP contribution in [0.3, 0.4) is 0 Å². The molecule has 0 atom stereocenters. The molecule has 1 heterocycles. The smallest absolute Gasteiger partial charge is 0.193 e. The first kappa shape index (κ1) is 27.1. The molecule has 0 fully saturated rings. The summed E-state index contributed by atoms with van der Waals surface area (Å²) in [5.41, 5.74) is 3.62. The number of rotatable bonds is 10. The fraction of sp³-hybridized carbons (Fsp3) is 0.565. The Morgan fingerprint density at radius 3 is 2.65 bits per heavy atom. The topological polar surface area (TPSA) is 63.9 Å². The third kappa shape index (κ3) is 7.90. The molecule has 174 valence electrons. The number of guanidine groups is 1. The van der Waals surface area contributed by atoms with E-state index in [-0.39, 0.29) is 24.0 Å². The van der Waals surface area contributed by atoms with Gasteiger partial charge in [-0.15, -0.1) is 24.0 Å². The molecular weight excluding hydrogens is 505 g/mol. The van der Waals surface area contributed by atoms with Crippen molar-refractivity contribution in [3.05, 3.63) is 41.2 Å². The van der Waals surface area contributed by atoms with Crippen LogP contribution in [0.5, 0.6) is 11.5 Å². The summed E-state index contributed by atoms with van der Waals surface area (Å²) in [6.45, 7) is 8.58. The molecular formula is C23H38IN5O2. The number of hydrogen-bond acceptors (Lipinski definition) is 4. The van der Waals surface area contributed by atoms with Crippen molar-refractivity contribution < 1.29 is 9.47 Å². The summed E-state index contributed by atoms with van der Waals surface area (Å²) in [6.07, 6.45) is 4.05. The summed E-state index contributed by atoms with van der Waals surface area (Å²) >= 11 is 0. The lowest BCUT2D eigenvalue weighted by Crippen LogP contribution is -2.39. The van der Waals surface area contributed by atoms with E-state index in [1.807, 2.05) is 31.8 Å². The van der Waals surface area contributed by atoms with Gasteiger partial charge in [-0.25, -0.2) is 0 Å². The quantitative estimate of drug-likeness (QED) is 0.211. The number of benzene rings is 1. The van der Waals surface area contributed by atoms with Crippen molar-refractivity contribution in [2.24, 2.45) is 12.0 Å². The number of aromatic nitrogens is 2. The highest BCUT2D eigenvalue weighted by Gasteiger charge is 2.15. The standard InChI is InChI=1S/C23H37N5O2.HI/c1-8-30-21-14-18(11-12-20(21)29-7)10-9-13-25-23(24-4)27(5)15-19-16-28(6)26-22(19)17(2)3;/h11-12,14,16-17H,8-10,13,15H2,1-7H3,(H,24,25);1H. The number of hydrogen-bond donors (Lipinski definition) is 1. The van der Waals surface area contributed by atoms with Crippen molar-refractivity contribution in [1.29, 1.82) is 0 Å². The van der Waals surface area contributed by atoms with E-state index in [2.05, 4.69) is 59.5 Å². The number of halogens is 1. The molecule has 8 heteroatoms. The van der Waals surface area contributed by atoms with Crippen LogP contribution in [0.25, 0.3) is 0 Å². The zero-order valence-electron chi connectivity index (χ0n) is 19.9. The van der Waals surface area contributed by atoms with Crippen LogP contribution in [-0.4, -0.2) is 55.0 Å². The number of ether oxygens (including phenoxy) is 2. The number of methoxy groups -OCH3 is 1. The minimum atomic E-state index is 0. The van der Waals surface area contributed by atoms with Gasteiger partial charge in [-0.2, -0.15) is 5.10 Å². The number of nitrogens with zero attached hydrogens (tertiary/aromatic N) is 4. The van der Waals surface area contributed by atoms with Crippen molar-refractivity contribution in [2.75, 3.05) is 34.4 Å². The predicted octanol–water partition coefficient (Wildman–Crippen LogP) is 4.21. The highest BCUT2D eigenvalue weighted by atomic mass is 127. The van der Waals surface area contributed by atoms with E-state index < -0.39 is 0 Å². The van der Waals surface area contributed by atoms with Crippen LogP contribution in [0.2, 0.25) is 0 Å². The summed E-state index contributed by atoms with van der Waals surface area (Å²) in [4.78, 5) is 6.58. The molecule has 0 amide bonds. The summed E-state index contributed by atoms with van der Waals surface area (Å²) in [5, 5.41) is 8.07. The molecule has 0 aliphatic carbocycles. The van der Waals surface area contributed by atoms with Gasteiger partial charge in [0.25, 0.3) is 0 Å². The van der Waals surface area contributed by atoms with Crippen LogP contribution in [0.15, 0.2) is 29.4 Å². The Morgan fingerprint density at radius 2 is 2.03 bits per heavy atom. The molecule has 0 aliphatic heterocycles. The number of aliphatic imine (C=N–C) groups is 1. The van der Waals surface area contributed by atoms with Gasteiger partial charge < -0.3 is 19.7 Å². The van der Waals surface area contributed by atoms with Crippen molar-refractivity contribution >= 4 is 29.9 Å². The molecule has 0 saturated heterocycles. The molecule has 0 spiro atoms. The van der Waals surface area contributed by atoms with E-state index in [1.54, 1.807) is 7.11 Å². The molecule has 2 aromatic rings. The molecule has 1 aromatic heterocycles. The lowest BCUT2D eigenvalue weighted by molar-refractivity contribution is 0.310. The van der Waals surface area contributed by atoms with E-state index in [4.69, 9.17) is 9.47 Å². The molecule has 0 bridgehead atoms. The summed E-state index contributed by atoms with van der Waals surface area (Å²) in [6, 6.07) is 6.14. The third-order valence-electron chi connectivity index (χ3n) is 4.92. The van der Waals surface area contributed by atoms with Crippen LogP contribution >= 0.6 is 24.0 Å². The Balaban J connectivity index is 0.00000480. The van der Waals surface area contributed by atoms with E-state index in [1.165, 1.54) is 11.1 Å². The van der Waals surface area contributed by atoms with Gasteiger partial charge in [-0.3, -0.25) is 9.67 Å². The van der Waals surface area contributed by atoms with Crippen LogP contribution in [-0.2, 0) is 20.0 Å². The molecule has 1 aromatic carbocycles. The Morgan fingerprint density at radius 1 is 1.29 bits per heavy atom. The fourth-order valence-corrected chi connectivity index (χ4v) is 3.52. The van der Waals surface area contributed by atoms with Gasteiger partial charge in [0.2, 0.25) is 0 Å². The molecule has 0 aliphatic rings. The average Bonchev–Trinajstić information content (AvgIpc) is 3.08. The van der Waals surface area contributed by atoms with Crippen LogP contribution in [0.1, 0.15) is 49.9 Å². The van der Waals surface area contributed by atoms with Crippen LogP contribution in [0, 0.1) is 0 Å². The van der Waals surface area contributed by atoms with E-state index >= 15 is 0 Å². The Kier molecular flexibility index (Phi) is 11.7. The highest BCUT2D eigenvalue weighted by molar-refractivity contribution is 14.0. The first-order chi connectivity index (χ1) is 14.4. The van der Waals surface area contributed by atoms with Gasteiger partial charge in [0.15, 0.2) is 17.5 Å². The van der Waals surface area contributed by atoms with Crippen molar-refractivity contribution in [2.45, 2.75) is 46.1 Å². The maximum Gasteiger partial charge on any atom is 0.193 e. The largest absolute Gasteiger partial charge is 0.493 e. The average molecular weight is 543 g/mol. The maximum atomic E-state index is 5.67. The number of aryl methyl sites for hydroxylation is 2. The van der Waals surface area contributed by atoms with Gasteiger partial charge in [0.1, 0.15) is 0 Å². The predicted molar refractivity (Wildman–Crippen MR) is 138 cm³/mol.